The topological polar surface area (TPSA) is 78.9 Å². The first-order chi connectivity index (χ1) is 8.90. The summed E-state index contributed by atoms with van der Waals surface area (Å²) in [7, 11) is -3.68. The van der Waals surface area contributed by atoms with E-state index in [1.165, 1.54) is 16.4 Å². The number of anilines is 1. The van der Waals surface area contributed by atoms with Crippen LogP contribution in [0.2, 0.25) is 10.0 Å². The van der Waals surface area contributed by atoms with Gasteiger partial charge in [-0.2, -0.15) is 12.7 Å². The van der Waals surface area contributed by atoms with Crippen molar-refractivity contribution in [3.63, 3.8) is 0 Å². The summed E-state index contributed by atoms with van der Waals surface area (Å²) in [4.78, 5) is 0. The molecular weight excluding hydrogens is 315 g/mol. The van der Waals surface area contributed by atoms with Crippen molar-refractivity contribution < 1.29 is 18.3 Å². The van der Waals surface area contributed by atoms with Crippen molar-refractivity contribution in [3.05, 3.63) is 22.2 Å². The number of phenols is 1. The molecule has 1 aliphatic heterocycles. The number of benzene rings is 1. The monoisotopic (exact) mass is 326 g/mol. The quantitative estimate of drug-likeness (QED) is 0.828. The highest BCUT2D eigenvalue weighted by atomic mass is 35.5. The van der Waals surface area contributed by atoms with Crippen molar-refractivity contribution in [2.24, 2.45) is 0 Å². The first-order valence-corrected chi connectivity index (χ1v) is 7.63. The molecule has 106 valence electrons. The van der Waals surface area contributed by atoms with E-state index in [0.717, 1.165) is 0 Å². The molecule has 2 N–H and O–H groups in total. The standard InChI is InChI=1S/C10H12Cl2N2O4S/c11-8-5-7(6-9(12)10(8)15)13-19(16,17)14-1-3-18-4-2-14/h5-6,13,15H,1-4H2. The van der Waals surface area contributed by atoms with Crippen LogP contribution in [0, 0.1) is 0 Å². The third-order valence-corrected chi connectivity index (χ3v) is 4.69. The Balaban J connectivity index is 2.20. The van der Waals surface area contributed by atoms with E-state index in [-0.39, 0.29) is 34.6 Å². The van der Waals surface area contributed by atoms with Gasteiger partial charge in [-0.05, 0) is 12.1 Å². The minimum Gasteiger partial charge on any atom is -0.505 e. The lowest BCUT2D eigenvalue weighted by Gasteiger charge is -2.26. The zero-order valence-electron chi connectivity index (χ0n) is 9.77. The number of hydrogen-bond acceptors (Lipinski definition) is 4. The van der Waals surface area contributed by atoms with E-state index in [1.54, 1.807) is 0 Å². The van der Waals surface area contributed by atoms with Gasteiger partial charge in [0.2, 0.25) is 0 Å². The minimum atomic E-state index is -3.68. The molecule has 0 bridgehead atoms. The number of ether oxygens (including phenoxy) is 1. The molecule has 1 fully saturated rings. The van der Waals surface area contributed by atoms with Crippen molar-refractivity contribution in [3.8, 4) is 5.75 Å². The molecule has 6 nitrogen and oxygen atoms in total. The number of nitrogens with zero attached hydrogens (tertiary/aromatic N) is 1. The Morgan fingerprint density at radius 1 is 1.21 bits per heavy atom. The first-order valence-electron chi connectivity index (χ1n) is 5.44. The molecule has 0 unspecified atom stereocenters. The Morgan fingerprint density at radius 3 is 2.26 bits per heavy atom. The molecule has 1 heterocycles. The number of aromatic hydroxyl groups is 1. The molecule has 0 saturated carbocycles. The van der Waals surface area contributed by atoms with Crippen LogP contribution in [0.15, 0.2) is 12.1 Å². The summed E-state index contributed by atoms with van der Waals surface area (Å²) in [6.07, 6.45) is 0. The summed E-state index contributed by atoms with van der Waals surface area (Å²) >= 11 is 11.5. The van der Waals surface area contributed by atoms with Gasteiger partial charge >= 0.3 is 10.2 Å². The zero-order valence-corrected chi connectivity index (χ0v) is 12.1. The van der Waals surface area contributed by atoms with Crippen LogP contribution in [0.1, 0.15) is 0 Å². The molecule has 0 aromatic heterocycles. The highest BCUT2D eigenvalue weighted by Crippen LogP contribution is 2.35. The van der Waals surface area contributed by atoms with Crippen LogP contribution in [-0.4, -0.2) is 44.1 Å². The van der Waals surface area contributed by atoms with Gasteiger partial charge in [-0.1, -0.05) is 23.2 Å². The average Bonchev–Trinajstić information content (AvgIpc) is 2.36. The van der Waals surface area contributed by atoms with Crippen LogP contribution in [-0.2, 0) is 14.9 Å². The molecule has 1 aliphatic rings. The number of morpholine rings is 1. The molecule has 0 aliphatic carbocycles. The van der Waals surface area contributed by atoms with E-state index < -0.39 is 10.2 Å². The summed E-state index contributed by atoms with van der Waals surface area (Å²) in [5, 5.41) is 9.37. The number of hydrogen-bond donors (Lipinski definition) is 2. The molecule has 1 aromatic carbocycles. The molecule has 19 heavy (non-hydrogen) atoms. The summed E-state index contributed by atoms with van der Waals surface area (Å²) < 4.78 is 32.9. The SMILES string of the molecule is O=S(=O)(Nc1cc(Cl)c(O)c(Cl)c1)N1CCOCC1. The van der Waals surface area contributed by atoms with E-state index >= 15 is 0 Å². The molecule has 0 amide bonds. The van der Waals surface area contributed by atoms with Gasteiger partial charge in [-0.3, -0.25) is 4.72 Å². The van der Waals surface area contributed by atoms with Crippen molar-refractivity contribution in [2.75, 3.05) is 31.0 Å². The summed E-state index contributed by atoms with van der Waals surface area (Å²) in [5.74, 6) is -0.280. The predicted molar refractivity (Wildman–Crippen MR) is 73.1 cm³/mol. The largest absolute Gasteiger partial charge is 0.505 e. The fourth-order valence-electron chi connectivity index (χ4n) is 1.62. The summed E-state index contributed by atoms with van der Waals surface area (Å²) in [5.41, 5.74) is 0.194. The maximum Gasteiger partial charge on any atom is 0.301 e. The molecule has 0 atom stereocenters. The average molecular weight is 327 g/mol. The van der Waals surface area contributed by atoms with Crippen molar-refractivity contribution in [1.29, 1.82) is 0 Å². The molecular formula is C10H12Cl2N2O4S. The number of phenolic OH excluding ortho intramolecular Hbond substituents is 1. The maximum absolute atomic E-state index is 12.1. The van der Waals surface area contributed by atoms with Crippen LogP contribution in [0.3, 0.4) is 0 Å². The van der Waals surface area contributed by atoms with E-state index in [9.17, 15) is 13.5 Å². The molecule has 9 heteroatoms. The highest BCUT2D eigenvalue weighted by molar-refractivity contribution is 7.90. The fourth-order valence-corrected chi connectivity index (χ4v) is 3.29. The lowest BCUT2D eigenvalue weighted by atomic mass is 10.3. The maximum atomic E-state index is 12.1. The van der Waals surface area contributed by atoms with Crippen LogP contribution >= 0.6 is 23.2 Å². The van der Waals surface area contributed by atoms with E-state index in [2.05, 4.69) is 4.72 Å². The van der Waals surface area contributed by atoms with Gasteiger partial charge in [-0.25, -0.2) is 0 Å². The predicted octanol–water partition coefficient (Wildman–Crippen LogP) is 1.69. The number of halogens is 2. The Kier molecular flexibility index (Phi) is 4.42. The lowest BCUT2D eigenvalue weighted by molar-refractivity contribution is 0.0733. The van der Waals surface area contributed by atoms with Gasteiger partial charge in [-0.15, -0.1) is 0 Å². The zero-order chi connectivity index (χ0) is 14.0. The normalized spacial score (nSPS) is 17.4. The second-order valence-corrected chi connectivity index (χ2v) is 6.39. The van der Waals surface area contributed by atoms with Crippen molar-refractivity contribution in [1.82, 2.24) is 4.31 Å². The number of nitrogens with one attached hydrogen (secondary N) is 1. The molecule has 0 spiro atoms. The summed E-state index contributed by atoms with van der Waals surface area (Å²) in [6.45, 7) is 1.29. The van der Waals surface area contributed by atoms with E-state index in [1.807, 2.05) is 0 Å². The van der Waals surface area contributed by atoms with Gasteiger partial charge in [0.05, 0.1) is 28.9 Å². The van der Waals surface area contributed by atoms with Crippen LogP contribution in [0.25, 0.3) is 0 Å². The second-order valence-electron chi connectivity index (χ2n) is 3.91. The molecule has 1 aromatic rings. The third kappa shape index (κ3) is 3.43. The Hall–Kier alpha value is -0.730. The van der Waals surface area contributed by atoms with Crippen molar-refractivity contribution in [2.45, 2.75) is 0 Å². The Morgan fingerprint density at radius 2 is 1.74 bits per heavy atom. The second kappa shape index (κ2) is 5.72. The molecule has 2 rings (SSSR count). The first kappa shape index (κ1) is 14.7. The van der Waals surface area contributed by atoms with Gasteiger partial charge in [0.1, 0.15) is 0 Å². The number of rotatable bonds is 3. The fraction of sp³-hybridized carbons (Fsp3) is 0.400. The van der Waals surface area contributed by atoms with Gasteiger partial charge in [0, 0.05) is 13.1 Å². The van der Waals surface area contributed by atoms with Crippen LogP contribution in [0.4, 0.5) is 5.69 Å². The lowest BCUT2D eigenvalue weighted by Crippen LogP contribution is -2.43. The Bertz CT molecular complexity index is 550. The van der Waals surface area contributed by atoms with E-state index in [0.29, 0.717) is 13.2 Å². The highest BCUT2D eigenvalue weighted by Gasteiger charge is 2.24. The summed E-state index contributed by atoms with van der Waals surface area (Å²) in [6, 6.07) is 2.58. The van der Waals surface area contributed by atoms with E-state index in [4.69, 9.17) is 27.9 Å². The van der Waals surface area contributed by atoms with Crippen molar-refractivity contribution >= 4 is 39.1 Å². The van der Waals surface area contributed by atoms with Crippen LogP contribution in [0.5, 0.6) is 5.75 Å². The molecule has 1 saturated heterocycles. The Labute approximate surface area is 121 Å². The van der Waals surface area contributed by atoms with Gasteiger partial charge in [0.15, 0.2) is 5.75 Å². The third-order valence-electron chi connectivity index (χ3n) is 2.57. The van der Waals surface area contributed by atoms with Gasteiger partial charge in [0.25, 0.3) is 0 Å². The smallest absolute Gasteiger partial charge is 0.301 e. The van der Waals surface area contributed by atoms with Gasteiger partial charge < -0.3 is 9.84 Å². The van der Waals surface area contributed by atoms with Crippen LogP contribution < -0.4 is 4.72 Å². The minimum absolute atomic E-state index is 0.0211. The molecule has 0 radical (unpaired) electrons.